The number of nitrogens with zero attached hydrogens (tertiary/aromatic N) is 7. The molecule has 0 spiro atoms. The fourth-order valence-corrected chi connectivity index (χ4v) is 4.02. The van der Waals surface area contributed by atoms with E-state index in [4.69, 9.17) is 0 Å². The fourth-order valence-electron chi connectivity index (χ4n) is 3.21. The van der Waals surface area contributed by atoms with Crippen LogP contribution in [0.15, 0.2) is 76.9 Å². The summed E-state index contributed by atoms with van der Waals surface area (Å²) in [6.45, 7) is 1.98. The van der Waals surface area contributed by atoms with Crippen molar-refractivity contribution in [1.82, 2.24) is 34.6 Å². The van der Waals surface area contributed by atoms with E-state index in [1.807, 2.05) is 66.1 Å². The first-order chi connectivity index (χ1) is 15.4. The number of aromatic nitrogens is 7. The van der Waals surface area contributed by atoms with Crippen LogP contribution in [0, 0.1) is 6.92 Å². The van der Waals surface area contributed by atoms with Gasteiger partial charge in [0.25, 0.3) is 5.82 Å². The molecule has 2 aromatic carbocycles. The van der Waals surface area contributed by atoms with Crippen molar-refractivity contribution >= 4 is 17.4 Å². The highest BCUT2D eigenvalue weighted by Crippen LogP contribution is 2.33. The number of alkyl halides is 3. The molecule has 7 nitrogen and oxygen atoms in total. The molecule has 0 amide bonds. The monoisotopic (exact) mass is 453 g/mol. The van der Waals surface area contributed by atoms with Gasteiger partial charge in [-0.2, -0.15) is 22.8 Å². The van der Waals surface area contributed by atoms with Gasteiger partial charge in [-0.15, -0.1) is 20.4 Å². The largest absolute Gasteiger partial charge is 0.453 e. The van der Waals surface area contributed by atoms with Gasteiger partial charge in [-0.05, 0) is 48.5 Å². The van der Waals surface area contributed by atoms with Crippen LogP contribution < -0.4 is 0 Å². The molecule has 3 heterocycles. The summed E-state index contributed by atoms with van der Waals surface area (Å²) in [6, 6.07) is 20.4. The molecule has 0 fully saturated rings. The van der Waals surface area contributed by atoms with Gasteiger partial charge < -0.3 is 0 Å². The Labute approximate surface area is 183 Å². The highest BCUT2D eigenvalue weighted by molar-refractivity contribution is 7.99. The van der Waals surface area contributed by atoms with Gasteiger partial charge in [-0.25, -0.2) is 0 Å². The van der Waals surface area contributed by atoms with Crippen molar-refractivity contribution in [2.45, 2.75) is 23.3 Å². The highest BCUT2D eigenvalue weighted by atomic mass is 32.2. The number of rotatable bonds is 4. The second kappa shape index (κ2) is 7.75. The average molecular weight is 453 g/mol. The summed E-state index contributed by atoms with van der Waals surface area (Å²) in [6.07, 6.45) is -4.67. The minimum absolute atomic E-state index is 0.00630. The summed E-state index contributed by atoms with van der Waals surface area (Å²) in [5, 5.41) is 20.3. The first kappa shape index (κ1) is 20.2. The molecule has 3 aromatic heterocycles. The average Bonchev–Trinajstić information content (AvgIpc) is 3.38. The topological polar surface area (TPSA) is 73.8 Å². The quantitative estimate of drug-likeness (QED) is 0.387. The summed E-state index contributed by atoms with van der Waals surface area (Å²) < 4.78 is 42.2. The standard InChI is InChI=1S/C21H14F3N7S/c1-13-6-5-9-15(12-13)30-18(14-7-3-2-4-8-14)26-28-20(30)32-17-11-10-16-25-27-19(21(22,23)24)31(16)29-17/h2-12H,1H3. The maximum atomic E-state index is 13.2. The SMILES string of the molecule is Cc1cccc(-n2c(Sc3ccc4nnc(C(F)(F)F)n4n3)nnc2-c2ccccc2)c1. The molecule has 160 valence electrons. The Morgan fingerprint density at radius 3 is 2.41 bits per heavy atom. The van der Waals surface area contributed by atoms with Crippen molar-refractivity contribution < 1.29 is 13.2 Å². The number of fused-ring (bicyclic) bond motifs is 1. The van der Waals surface area contributed by atoms with E-state index in [1.165, 1.54) is 6.07 Å². The van der Waals surface area contributed by atoms with Crippen LogP contribution in [0.2, 0.25) is 0 Å². The maximum Gasteiger partial charge on any atom is 0.453 e. The number of aryl methyl sites for hydroxylation is 1. The van der Waals surface area contributed by atoms with Gasteiger partial charge in [0.1, 0.15) is 5.03 Å². The minimum Gasteiger partial charge on any atom is -0.270 e. The van der Waals surface area contributed by atoms with Crippen LogP contribution in [0.4, 0.5) is 13.2 Å². The third-order valence-corrected chi connectivity index (χ3v) is 5.49. The van der Waals surface area contributed by atoms with Crippen LogP contribution in [0.1, 0.15) is 11.4 Å². The zero-order chi connectivity index (χ0) is 22.3. The van der Waals surface area contributed by atoms with Crippen molar-refractivity contribution in [2.75, 3.05) is 0 Å². The summed E-state index contributed by atoms with van der Waals surface area (Å²) in [5.74, 6) is -0.569. The number of hydrogen-bond donors (Lipinski definition) is 0. The smallest absolute Gasteiger partial charge is 0.270 e. The van der Waals surface area contributed by atoms with E-state index in [1.54, 1.807) is 6.07 Å². The molecule has 0 aliphatic rings. The summed E-state index contributed by atoms with van der Waals surface area (Å²) >= 11 is 1.10. The Morgan fingerprint density at radius 2 is 1.66 bits per heavy atom. The first-order valence-corrected chi connectivity index (χ1v) is 10.3. The van der Waals surface area contributed by atoms with Crippen LogP contribution in [-0.4, -0.2) is 34.6 Å². The van der Waals surface area contributed by atoms with E-state index in [0.29, 0.717) is 20.5 Å². The molecular weight excluding hydrogens is 439 g/mol. The van der Waals surface area contributed by atoms with Gasteiger partial charge in [0.2, 0.25) is 5.16 Å². The first-order valence-electron chi connectivity index (χ1n) is 9.45. The van der Waals surface area contributed by atoms with E-state index < -0.39 is 12.0 Å². The molecule has 0 atom stereocenters. The zero-order valence-electron chi connectivity index (χ0n) is 16.5. The van der Waals surface area contributed by atoms with Crippen LogP contribution in [0.3, 0.4) is 0 Å². The van der Waals surface area contributed by atoms with E-state index in [-0.39, 0.29) is 5.65 Å². The fraction of sp³-hybridized carbons (Fsp3) is 0.0952. The van der Waals surface area contributed by atoms with E-state index in [0.717, 1.165) is 28.6 Å². The number of halogens is 3. The van der Waals surface area contributed by atoms with E-state index in [2.05, 4.69) is 25.5 Å². The number of hydrogen-bond acceptors (Lipinski definition) is 6. The summed E-state index contributed by atoms with van der Waals surface area (Å²) in [7, 11) is 0. The Balaban J connectivity index is 1.62. The number of benzene rings is 2. The van der Waals surface area contributed by atoms with Crippen molar-refractivity contribution in [3.63, 3.8) is 0 Å². The highest BCUT2D eigenvalue weighted by Gasteiger charge is 2.37. The molecule has 0 N–H and O–H groups in total. The molecule has 0 aliphatic heterocycles. The third-order valence-electron chi connectivity index (χ3n) is 4.61. The van der Waals surface area contributed by atoms with Gasteiger partial charge in [-0.3, -0.25) is 4.57 Å². The molecule has 0 radical (unpaired) electrons. The lowest BCUT2D eigenvalue weighted by atomic mass is 10.2. The molecule has 11 heteroatoms. The molecule has 0 saturated carbocycles. The van der Waals surface area contributed by atoms with Crippen molar-refractivity contribution in [1.29, 1.82) is 0 Å². The lowest BCUT2D eigenvalue weighted by molar-refractivity contribution is -0.146. The predicted molar refractivity (Wildman–Crippen MR) is 111 cm³/mol. The van der Waals surface area contributed by atoms with E-state index in [9.17, 15) is 13.2 Å². The Kier molecular flexibility index (Phi) is 4.89. The van der Waals surface area contributed by atoms with Crippen LogP contribution in [0.5, 0.6) is 0 Å². The normalized spacial score (nSPS) is 11.9. The lowest BCUT2D eigenvalue weighted by Crippen LogP contribution is -2.12. The molecule has 0 aliphatic carbocycles. The molecule has 5 aromatic rings. The van der Waals surface area contributed by atoms with Crippen molar-refractivity contribution in [3.05, 3.63) is 78.1 Å². The third kappa shape index (κ3) is 3.71. The van der Waals surface area contributed by atoms with Crippen LogP contribution >= 0.6 is 11.8 Å². The molecule has 5 rings (SSSR count). The molecular formula is C21H14F3N7S. The van der Waals surface area contributed by atoms with Gasteiger partial charge >= 0.3 is 6.18 Å². The van der Waals surface area contributed by atoms with Crippen LogP contribution in [0.25, 0.3) is 22.7 Å². The summed E-state index contributed by atoms with van der Waals surface area (Å²) in [5.41, 5.74) is 2.74. The lowest BCUT2D eigenvalue weighted by Gasteiger charge is -2.11. The minimum atomic E-state index is -4.67. The van der Waals surface area contributed by atoms with Gasteiger partial charge in [0.15, 0.2) is 11.5 Å². The zero-order valence-corrected chi connectivity index (χ0v) is 17.3. The Bertz CT molecular complexity index is 1410. The molecule has 0 bridgehead atoms. The molecule has 0 saturated heterocycles. The summed E-state index contributed by atoms with van der Waals surface area (Å²) in [4.78, 5) is 0. The van der Waals surface area contributed by atoms with Gasteiger partial charge in [0, 0.05) is 5.56 Å². The molecule has 0 unspecified atom stereocenters. The van der Waals surface area contributed by atoms with Gasteiger partial charge in [0.05, 0.1) is 5.69 Å². The maximum absolute atomic E-state index is 13.2. The second-order valence-electron chi connectivity index (χ2n) is 6.91. The van der Waals surface area contributed by atoms with Crippen LogP contribution in [-0.2, 0) is 6.18 Å². The van der Waals surface area contributed by atoms with Crippen molar-refractivity contribution in [3.8, 4) is 17.1 Å². The Morgan fingerprint density at radius 1 is 0.844 bits per heavy atom. The molecule has 32 heavy (non-hydrogen) atoms. The predicted octanol–water partition coefficient (Wildman–Crippen LogP) is 4.85. The van der Waals surface area contributed by atoms with Crippen molar-refractivity contribution in [2.24, 2.45) is 0 Å². The van der Waals surface area contributed by atoms with Gasteiger partial charge in [-0.1, -0.05) is 42.5 Å². The second-order valence-corrected chi connectivity index (χ2v) is 7.90. The van der Waals surface area contributed by atoms with E-state index >= 15 is 0 Å². The Hall–Kier alpha value is -3.73.